The minimum atomic E-state index is -2.73. The van der Waals surface area contributed by atoms with Gasteiger partial charge in [-0.1, -0.05) is 33.6 Å². The summed E-state index contributed by atoms with van der Waals surface area (Å²) < 4.78 is 28.0. The van der Waals surface area contributed by atoms with E-state index in [0.29, 0.717) is 43.4 Å². The summed E-state index contributed by atoms with van der Waals surface area (Å²) in [5.74, 6) is -0.974. The first-order valence-electron chi connectivity index (χ1n) is 15.6. The molecule has 2 aromatic rings. The van der Waals surface area contributed by atoms with E-state index in [-0.39, 0.29) is 42.7 Å². The minimum Gasteiger partial charge on any atom is -0.350 e. The molecular weight excluding hydrogens is 568 g/mol. The van der Waals surface area contributed by atoms with Crippen molar-refractivity contribution in [2.45, 2.75) is 96.4 Å². The van der Waals surface area contributed by atoms with Crippen LogP contribution in [0.4, 0.5) is 26.2 Å². The van der Waals surface area contributed by atoms with E-state index in [4.69, 9.17) is 0 Å². The molecule has 12 heteroatoms. The van der Waals surface area contributed by atoms with Gasteiger partial charge in [-0.3, -0.25) is 14.6 Å². The van der Waals surface area contributed by atoms with Gasteiger partial charge in [-0.15, -0.1) is 0 Å². The van der Waals surface area contributed by atoms with Crippen molar-refractivity contribution in [3.63, 3.8) is 0 Å². The number of hydrogen-bond acceptors (Lipinski definition) is 8. The van der Waals surface area contributed by atoms with Crippen LogP contribution in [0.15, 0.2) is 30.7 Å². The van der Waals surface area contributed by atoms with E-state index in [1.165, 1.54) is 0 Å². The second kappa shape index (κ2) is 14.9. The number of anilines is 3. The second-order valence-electron chi connectivity index (χ2n) is 13.0. The second-order valence-corrected chi connectivity index (χ2v) is 13.0. The number of carbonyl (C=O) groups is 3. The minimum absolute atomic E-state index is 0.118. The third-order valence-corrected chi connectivity index (χ3v) is 8.40. The SMILES string of the molecule is CC(C)(C)C(C=O)NC(=O)CCCCCCC(=O)N1CCC(c2cc(Nc3cnccn3)nc(N3CCC(F)(F)C3)c2)CC1. The summed E-state index contributed by atoms with van der Waals surface area (Å²) in [5.41, 5.74) is 0.689. The van der Waals surface area contributed by atoms with Gasteiger partial charge >= 0.3 is 0 Å². The molecule has 0 saturated carbocycles. The van der Waals surface area contributed by atoms with Crippen LogP contribution in [0.5, 0.6) is 0 Å². The maximum Gasteiger partial charge on any atom is 0.266 e. The molecule has 4 heterocycles. The van der Waals surface area contributed by atoms with E-state index in [0.717, 1.165) is 50.4 Å². The van der Waals surface area contributed by atoms with Gasteiger partial charge in [-0.25, -0.2) is 18.7 Å². The van der Waals surface area contributed by atoms with E-state index in [2.05, 4.69) is 25.6 Å². The molecule has 0 aromatic carbocycles. The Hall–Kier alpha value is -3.70. The van der Waals surface area contributed by atoms with Crippen LogP contribution in [0.1, 0.15) is 90.0 Å². The van der Waals surface area contributed by atoms with Crippen LogP contribution in [-0.4, -0.2) is 76.1 Å². The van der Waals surface area contributed by atoms with Gasteiger partial charge in [0.1, 0.15) is 23.7 Å². The number of piperidine rings is 1. The maximum atomic E-state index is 14.0. The van der Waals surface area contributed by atoms with Crippen molar-refractivity contribution in [1.82, 2.24) is 25.2 Å². The largest absolute Gasteiger partial charge is 0.350 e. The highest BCUT2D eigenvalue weighted by Gasteiger charge is 2.39. The van der Waals surface area contributed by atoms with Gasteiger partial charge in [0.25, 0.3) is 5.92 Å². The summed E-state index contributed by atoms with van der Waals surface area (Å²) in [6.07, 6.45) is 10.9. The lowest BCUT2D eigenvalue weighted by atomic mass is 9.87. The lowest BCUT2D eigenvalue weighted by Gasteiger charge is -2.33. The molecule has 2 N–H and O–H groups in total. The normalized spacial score (nSPS) is 17.8. The Balaban J connectivity index is 1.24. The first kappa shape index (κ1) is 33.2. The van der Waals surface area contributed by atoms with Crippen molar-refractivity contribution >= 4 is 35.6 Å². The Morgan fingerprint density at radius 1 is 1.05 bits per heavy atom. The van der Waals surface area contributed by atoms with E-state index in [1.807, 2.05) is 37.8 Å². The summed E-state index contributed by atoms with van der Waals surface area (Å²) in [6.45, 7) is 6.91. The van der Waals surface area contributed by atoms with Crippen molar-refractivity contribution < 1.29 is 23.2 Å². The molecule has 2 aliphatic heterocycles. The van der Waals surface area contributed by atoms with Crippen molar-refractivity contribution in [2.75, 3.05) is 36.4 Å². The van der Waals surface area contributed by atoms with E-state index < -0.39 is 12.0 Å². The van der Waals surface area contributed by atoms with Crippen molar-refractivity contribution in [3.8, 4) is 0 Å². The Kier molecular flexibility index (Phi) is 11.2. The first-order chi connectivity index (χ1) is 20.9. The topological polar surface area (TPSA) is 120 Å². The Morgan fingerprint density at radius 2 is 1.77 bits per heavy atom. The summed E-state index contributed by atoms with van der Waals surface area (Å²) in [6, 6.07) is 3.35. The zero-order chi connectivity index (χ0) is 31.7. The van der Waals surface area contributed by atoms with E-state index in [9.17, 15) is 23.2 Å². The number of rotatable bonds is 13. The number of aromatic nitrogens is 3. The number of pyridine rings is 1. The quantitative estimate of drug-likeness (QED) is 0.233. The van der Waals surface area contributed by atoms with E-state index >= 15 is 0 Å². The average molecular weight is 614 g/mol. The van der Waals surface area contributed by atoms with Gasteiger partial charge in [0.2, 0.25) is 11.8 Å². The molecule has 44 heavy (non-hydrogen) atoms. The highest BCUT2D eigenvalue weighted by molar-refractivity contribution is 5.80. The number of nitrogens with one attached hydrogen (secondary N) is 2. The maximum absolute atomic E-state index is 14.0. The molecule has 2 aliphatic rings. The predicted octanol–water partition coefficient (Wildman–Crippen LogP) is 5.24. The fraction of sp³-hybridized carbons (Fsp3) is 0.625. The summed E-state index contributed by atoms with van der Waals surface area (Å²) >= 11 is 0. The molecule has 240 valence electrons. The molecule has 2 aromatic heterocycles. The van der Waals surface area contributed by atoms with Crippen LogP contribution >= 0.6 is 0 Å². The molecule has 2 fully saturated rings. The van der Waals surface area contributed by atoms with Crippen LogP contribution in [0.2, 0.25) is 0 Å². The third-order valence-electron chi connectivity index (χ3n) is 8.40. The van der Waals surface area contributed by atoms with Crippen LogP contribution in [0.3, 0.4) is 0 Å². The number of amides is 2. The van der Waals surface area contributed by atoms with Crippen LogP contribution < -0.4 is 15.5 Å². The molecule has 4 rings (SSSR count). The molecule has 1 unspecified atom stereocenters. The zero-order valence-corrected chi connectivity index (χ0v) is 26.0. The molecule has 2 saturated heterocycles. The summed E-state index contributed by atoms with van der Waals surface area (Å²) in [7, 11) is 0. The smallest absolute Gasteiger partial charge is 0.266 e. The summed E-state index contributed by atoms with van der Waals surface area (Å²) in [5, 5.41) is 5.95. The fourth-order valence-electron chi connectivity index (χ4n) is 5.66. The molecule has 0 aliphatic carbocycles. The van der Waals surface area contributed by atoms with Crippen LogP contribution in [0.25, 0.3) is 0 Å². The Labute approximate surface area is 258 Å². The number of unbranched alkanes of at least 4 members (excludes halogenated alkanes) is 3. The number of nitrogens with zero attached hydrogens (tertiary/aromatic N) is 5. The zero-order valence-electron chi connectivity index (χ0n) is 26.0. The van der Waals surface area contributed by atoms with Crippen LogP contribution in [0, 0.1) is 5.41 Å². The van der Waals surface area contributed by atoms with Gasteiger partial charge in [0.15, 0.2) is 0 Å². The number of alkyl halides is 2. The molecular formula is C32H45F2N7O3. The van der Waals surface area contributed by atoms with Gasteiger partial charge in [-0.2, -0.15) is 0 Å². The van der Waals surface area contributed by atoms with Crippen molar-refractivity contribution in [2.24, 2.45) is 5.41 Å². The standard InChI is InChI=1S/C32H45F2N7O3/c1-31(2,3)25(21-42)37-29(43)8-6-4-5-7-9-30(44)40-15-10-23(11-16-40)24-18-26(38-27-20-35-13-14-36-27)39-28(19-24)41-17-12-32(33,34)22-41/h13-14,18-21,23,25H,4-12,15-17,22H2,1-3H3,(H,37,43)(H,36,38,39). The fourth-order valence-corrected chi connectivity index (χ4v) is 5.66. The van der Waals surface area contributed by atoms with Gasteiger partial charge < -0.3 is 25.2 Å². The van der Waals surface area contributed by atoms with Gasteiger partial charge in [-0.05, 0) is 54.7 Å². The number of likely N-dealkylation sites (tertiary alicyclic amines) is 1. The average Bonchev–Trinajstić information content (AvgIpc) is 3.37. The molecule has 0 bridgehead atoms. The number of aldehydes is 1. The number of hydrogen-bond donors (Lipinski definition) is 2. The molecule has 2 amide bonds. The lowest BCUT2D eigenvalue weighted by molar-refractivity contribution is -0.132. The van der Waals surface area contributed by atoms with Crippen molar-refractivity contribution in [1.29, 1.82) is 0 Å². The molecule has 10 nitrogen and oxygen atoms in total. The van der Waals surface area contributed by atoms with Crippen LogP contribution in [-0.2, 0) is 14.4 Å². The third kappa shape index (κ3) is 9.65. The highest BCUT2D eigenvalue weighted by atomic mass is 19.3. The monoisotopic (exact) mass is 613 g/mol. The highest BCUT2D eigenvalue weighted by Crippen LogP contribution is 2.35. The van der Waals surface area contributed by atoms with Crippen molar-refractivity contribution in [3.05, 3.63) is 36.3 Å². The molecule has 0 radical (unpaired) electrons. The van der Waals surface area contributed by atoms with Gasteiger partial charge in [0.05, 0.1) is 18.8 Å². The Bertz CT molecular complexity index is 1260. The Morgan fingerprint density at radius 3 is 2.39 bits per heavy atom. The van der Waals surface area contributed by atoms with E-state index in [1.54, 1.807) is 23.5 Å². The predicted molar refractivity (Wildman–Crippen MR) is 165 cm³/mol. The number of halogens is 2. The molecule has 0 spiro atoms. The summed E-state index contributed by atoms with van der Waals surface area (Å²) in [4.78, 5) is 52.8. The molecule has 1 atom stereocenters. The number of carbonyl (C=O) groups excluding carboxylic acids is 3. The first-order valence-corrected chi connectivity index (χ1v) is 15.6. The lowest BCUT2D eigenvalue weighted by Crippen LogP contribution is -2.44. The van der Waals surface area contributed by atoms with Gasteiger partial charge in [0, 0.05) is 51.3 Å².